The molecule has 0 bridgehead atoms. The van der Waals surface area contributed by atoms with Gasteiger partial charge in [-0.3, -0.25) is 4.79 Å². The zero-order valence-corrected chi connectivity index (χ0v) is 12.1. The lowest BCUT2D eigenvalue weighted by Gasteiger charge is -2.42. The molecule has 1 fully saturated rings. The van der Waals surface area contributed by atoms with E-state index < -0.39 is 42.5 Å². The zero-order chi connectivity index (χ0) is 15.3. The van der Waals surface area contributed by atoms with E-state index in [0.29, 0.717) is 12.3 Å². The smallest absolute Gasteiger partial charge is 0.217 e. The molecule has 9 heteroatoms. The first-order valence-corrected chi connectivity index (χ1v) is 7.44. The van der Waals surface area contributed by atoms with Crippen LogP contribution in [0.25, 0.3) is 0 Å². The van der Waals surface area contributed by atoms with E-state index in [1.807, 2.05) is 0 Å². The first kappa shape index (κ1) is 17.6. The number of amides is 1. The summed E-state index contributed by atoms with van der Waals surface area (Å²) in [6.45, 7) is 1.18. The van der Waals surface area contributed by atoms with Gasteiger partial charge in [0.2, 0.25) is 5.91 Å². The minimum absolute atomic E-state index is 0.311. The Bertz CT molecular complexity index is 321. The molecule has 6 atom stereocenters. The van der Waals surface area contributed by atoms with Crippen LogP contribution in [0.3, 0.4) is 0 Å². The van der Waals surface area contributed by atoms with Crippen LogP contribution >= 0.6 is 11.8 Å². The van der Waals surface area contributed by atoms with Gasteiger partial charge in [-0.2, -0.15) is 0 Å². The molecule has 0 aromatic heterocycles. The predicted molar refractivity (Wildman–Crippen MR) is 71.6 cm³/mol. The van der Waals surface area contributed by atoms with Crippen molar-refractivity contribution in [1.29, 1.82) is 0 Å². The van der Waals surface area contributed by atoms with E-state index in [9.17, 15) is 20.1 Å². The number of rotatable bonds is 6. The highest BCUT2D eigenvalue weighted by Crippen LogP contribution is 2.28. The lowest BCUT2D eigenvalue weighted by atomic mass is 9.98. The van der Waals surface area contributed by atoms with Gasteiger partial charge in [0, 0.05) is 12.7 Å². The highest BCUT2D eigenvalue weighted by molar-refractivity contribution is 7.99. The van der Waals surface area contributed by atoms with Crippen LogP contribution in [0.4, 0.5) is 0 Å². The lowest BCUT2D eigenvalue weighted by Crippen LogP contribution is -2.63. The monoisotopic (exact) mass is 311 g/mol. The fraction of sp³-hybridized carbons (Fsp3) is 0.909. The Kier molecular flexibility index (Phi) is 7.17. The van der Waals surface area contributed by atoms with E-state index in [0.717, 1.165) is 0 Å². The van der Waals surface area contributed by atoms with Gasteiger partial charge in [-0.25, -0.2) is 0 Å². The van der Waals surface area contributed by atoms with Crippen molar-refractivity contribution in [3.63, 3.8) is 0 Å². The molecule has 8 nitrogen and oxygen atoms in total. The number of aliphatic hydroxyl groups is 4. The number of nitrogens with one attached hydrogen (secondary N) is 1. The molecule has 6 unspecified atom stereocenters. The summed E-state index contributed by atoms with van der Waals surface area (Å²) < 4.78 is 5.48. The summed E-state index contributed by atoms with van der Waals surface area (Å²) in [5.41, 5.74) is 2.90. The summed E-state index contributed by atoms with van der Waals surface area (Å²) in [5.74, 6) is -0.0545. The molecule has 1 rings (SSSR count). The maximum Gasteiger partial charge on any atom is 0.217 e. The van der Waals surface area contributed by atoms with Crippen LogP contribution in [-0.4, -0.2) is 81.1 Å². The molecule has 8 N–H and O–H groups in total. The fourth-order valence-corrected chi connectivity index (χ4v) is 3.14. The summed E-state index contributed by atoms with van der Waals surface area (Å²) in [6.07, 6.45) is -4.09. The van der Waals surface area contributed by atoms with Crippen molar-refractivity contribution in [2.75, 3.05) is 18.9 Å². The molecule has 118 valence electrons. The van der Waals surface area contributed by atoms with E-state index in [2.05, 4.69) is 11.1 Å². The van der Waals surface area contributed by atoms with Gasteiger partial charge in [0.1, 0.15) is 36.4 Å². The Balaban J connectivity index is 2.75. The SMILES string of the molecule is CC(=O)NC1C(SCC(O)C[NH3+])OC(CO)C(O)C1O. The number of thioether (sulfide) groups is 1. The van der Waals surface area contributed by atoms with Crippen LogP contribution in [0.5, 0.6) is 0 Å². The van der Waals surface area contributed by atoms with E-state index in [1.54, 1.807) is 0 Å². The molecule has 0 aromatic carbocycles. The minimum Gasteiger partial charge on any atom is -0.394 e. The Morgan fingerprint density at radius 3 is 2.60 bits per heavy atom. The third kappa shape index (κ3) is 4.55. The van der Waals surface area contributed by atoms with Gasteiger partial charge in [0.25, 0.3) is 0 Å². The summed E-state index contributed by atoms with van der Waals surface area (Å²) in [7, 11) is 0. The average Bonchev–Trinajstić information content (AvgIpc) is 2.42. The summed E-state index contributed by atoms with van der Waals surface area (Å²) >= 11 is 1.20. The van der Waals surface area contributed by atoms with Crippen LogP contribution in [-0.2, 0) is 9.53 Å². The van der Waals surface area contributed by atoms with Gasteiger partial charge in [-0.1, -0.05) is 0 Å². The van der Waals surface area contributed by atoms with Gasteiger partial charge in [0.15, 0.2) is 0 Å². The summed E-state index contributed by atoms with van der Waals surface area (Å²) in [4.78, 5) is 11.2. The number of quaternary nitrogens is 1. The minimum atomic E-state index is -1.29. The maximum atomic E-state index is 11.2. The van der Waals surface area contributed by atoms with Crippen LogP contribution in [0.2, 0.25) is 0 Å². The Morgan fingerprint density at radius 2 is 2.10 bits per heavy atom. The van der Waals surface area contributed by atoms with Crippen LogP contribution in [0.15, 0.2) is 0 Å². The summed E-state index contributed by atoms with van der Waals surface area (Å²) in [6, 6.07) is -0.813. The topological polar surface area (TPSA) is 147 Å². The molecule has 20 heavy (non-hydrogen) atoms. The van der Waals surface area contributed by atoms with Gasteiger partial charge >= 0.3 is 0 Å². The molecule has 1 amide bonds. The highest BCUT2D eigenvalue weighted by atomic mass is 32.2. The van der Waals surface area contributed by atoms with E-state index in [4.69, 9.17) is 9.84 Å². The lowest BCUT2D eigenvalue weighted by molar-refractivity contribution is -0.381. The van der Waals surface area contributed by atoms with Gasteiger partial charge in [0.05, 0.1) is 12.6 Å². The molecule has 0 aromatic rings. The molecule has 0 radical (unpaired) electrons. The second-order valence-electron chi connectivity index (χ2n) is 4.71. The molecule has 0 spiro atoms. The number of ether oxygens (including phenoxy) is 1. The molecule has 1 aliphatic rings. The van der Waals surface area contributed by atoms with Gasteiger partial charge in [-0.15, -0.1) is 11.8 Å². The Labute approximate surface area is 121 Å². The van der Waals surface area contributed by atoms with E-state index in [-0.39, 0.29) is 5.91 Å². The van der Waals surface area contributed by atoms with Crippen molar-refractivity contribution in [1.82, 2.24) is 5.32 Å². The predicted octanol–water partition coefficient (Wildman–Crippen LogP) is -3.73. The second kappa shape index (κ2) is 8.13. The molecule has 1 aliphatic heterocycles. The average molecular weight is 311 g/mol. The molecular formula is C11H23N2O6S+. The molecule has 1 heterocycles. The number of hydrogen-bond donors (Lipinski definition) is 6. The largest absolute Gasteiger partial charge is 0.394 e. The number of carbonyl (C=O) groups is 1. The van der Waals surface area contributed by atoms with Gasteiger partial charge < -0.3 is 36.2 Å². The molecule has 0 aliphatic carbocycles. The third-order valence-electron chi connectivity index (χ3n) is 3.04. The van der Waals surface area contributed by atoms with Crippen LogP contribution in [0, 0.1) is 0 Å². The van der Waals surface area contributed by atoms with Crippen LogP contribution < -0.4 is 11.1 Å². The van der Waals surface area contributed by atoms with Crippen molar-refractivity contribution in [3.8, 4) is 0 Å². The van der Waals surface area contributed by atoms with Crippen molar-refractivity contribution < 1.29 is 35.7 Å². The third-order valence-corrected chi connectivity index (χ3v) is 4.35. The Morgan fingerprint density at radius 1 is 1.45 bits per heavy atom. The molecule has 0 saturated carbocycles. The van der Waals surface area contributed by atoms with Crippen molar-refractivity contribution in [2.45, 2.75) is 42.8 Å². The van der Waals surface area contributed by atoms with Crippen molar-refractivity contribution >= 4 is 17.7 Å². The van der Waals surface area contributed by atoms with Crippen molar-refractivity contribution in [3.05, 3.63) is 0 Å². The molecule has 1 saturated heterocycles. The van der Waals surface area contributed by atoms with Gasteiger partial charge in [-0.05, 0) is 0 Å². The first-order valence-electron chi connectivity index (χ1n) is 6.39. The van der Waals surface area contributed by atoms with E-state index >= 15 is 0 Å². The zero-order valence-electron chi connectivity index (χ0n) is 11.3. The Hall–Kier alpha value is -0.420. The second-order valence-corrected chi connectivity index (χ2v) is 5.84. The number of hydrogen-bond acceptors (Lipinski definition) is 7. The normalized spacial score (nSPS) is 35.6. The van der Waals surface area contributed by atoms with Crippen molar-refractivity contribution in [2.24, 2.45) is 0 Å². The molecular weight excluding hydrogens is 288 g/mol. The highest BCUT2D eigenvalue weighted by Gasteiger charge is 2.44. The maximum absolute atomic E-state index is 11.2. The fourth-order valence-electron chi connectivity index (χ4n) is 1.90. The standard InChI is InChI=1S/C11H22N2O6S/c1-5(15)13-8-10(18)9(17)7(3-14)19-11(8)20-4-6(16)2-12/h6-11,14,16-18H,2-4,12H2,1H3,(H,13,15)/p+1. The summed E-state index contributed by atoms with van der Waals surface area (Å²) in [5, 5.41) is 41.0. The first-order chi connectivity index (χ1) is 9.40. The number of carbonyl (C=O) groups excluding carboxylic acids is 1. The quantitative estimate of drug-likeness (QED) is 0.295. The number of aliphatic hydroxyl groups excluding tert-OH is 4. The van der Waals surface area contributed by atoms with Crippen LogP contribution in [0.1, 0.15) is 6.92 Å². The van der Waals surface area contributed by atoms with E-state index in [1.165, 1.54) is 18.7 Å².